The maximum Gasteiger partial charge on any atom is 0.390 e. The van der Waals surface area contributed by atoms with Crippen LogP contribution in [0.4, 0.5) is 13.2 Å². The average Bonchev–Trinajstić information content (AvgIpc) is 2.47. The predicted molar refractivity (Wildman–Crippen MR) is 50.2 cm³/mol. The van der Waals surface area contributed by atoms with Crippen molar-refractivity contribution >= 4 is 0 Å². The highest BCUT2D eigenvalue weighted by molar-refractivity contribution is 5.10. The van der Waals surface area contributed by atoms with Gasteiger partial charge in [-0.3, -0.25) is 4.68 Å². The molecule has 0 amide bonds. The van der Waals surface area contributed by atoms with Crippen molar-refractivity contribution in [1.29, 1.82) is 0 Å². The SMILES string of the molecule is CC(C)n1cc([C@H](N)CC(F)(F)F)cn1. The molecule has 6 heteroatoms. The summed E-state index contributed by atoms with van der Waals surface area (Å²) in [6, 6.07) is -0.908. The molecule has 0 aromatic carbocycles. The highest BCUT2D eigenvalue weighted by Gasteiger charge is 2.31. The first-order valence-electron chi connectivity index (χ1n) is 4.66. The lowest BCUT2D eigenvalue weighted by molar-refractivity contribution is -0.138. The lowest BCUT2D eigenvalue weighted by Crippen LogP contribution is -2.19. The van der Waals surface area contributed by atoms with E-state index in [1.807, 2.05) is 13.8 Å². The number of rotatable bonds is 3. The topological polar surface area (TPSA) is 43.8 Å². The molecule has 15 heavy (non-hydrogen) atoms. The zero-order valence-electron chi connectivity index (χ0n) is 8.62. The number of alkyl halides is 3. The van der Waals surface area contributed by atoms with Crippen LogP contribution < -0.4 is 5.73 Å². The molecule has 0 aliphatic heterocycles. The second kappa shape index (κ2) is 4.22. The number of nitrogens with zero attached hydrogens (tertiary/aromatic N) is 2. The zero-order chi connectivity index (χ0) is 11.6. The molecule has 86 valence electrons. The van der Waals surface area contributed by atoms with Crippen LogP contribution >= 0.6 is 0 Å². The van der Waals surface area contributed by atoms with Crippen LogP contribution in [0.5, 0.6) is 0 Å². The average molecular weight is 221 g/mol. The van der Waals surface area contributed by atoms with Gasteiger partial charge in [-0.25, -0.2) is 0 Å². The van der Waals surface area contributed by atoms with Gasteiger partial charge >= 0.3 is 6.18 Å². The molecule has 1 rings (SSSR count). The molecule has 1 aromatic rings. The Morgan fingerprint density at radius 3 is 2.47 bits per heavy atom. The summed E-state index contributed by atoms with van der Waals surface area (Å²) >= 11 is 0. The lowest BCUT2D eigenvalue weighted by atomic mass is 10.1. The molecule has 1 heterocycles. The Morgan fingerprint density at radius 2 is 2.07 bits per heavy atom. The normalized spacial score (nSPS) is 14.6. The van der Waals surface area contributed by atoms with E-state index in [0.717, 1.165) is 0 Å². The van der Waals surface area contributed by atoms with E-state index >= 15 is 0 Å². The standard InChI is InChI=1S/C9H14F3N3/c1-6(2)15-5-7(4-14-15)8(13)3-9(10,11)12/h4-6,8H,3,13H2,1-2H3/t8-/m1/s1. The van der Waals surface area contributed by atoms with Crippen molar-refractivity contribution in [3.8, 4) is 0 Å². The third-order valence-electron chi connectivity index (χ3n) is 2.03. The van der Waals surface area contributed by atoms with Crippen molar-refractivity contribution in [3.63, 3.8) is 0 Å². The summed E-state index contributed by atoms with van der Waals surface area (Å²) in [7, 11) is 0. The van der Waals surface area contributed by atoms with Crippen molar-refractivity contribution in [1.82, 2.24) is 9.78 Å². The number of halogens is 3. The minimum Gasteiger partial charge on any atom is -0.324 e. The van der Waals surface area contributed by atoms with E-state index < -0.39 is 18.6 Å². The van der Waals surface area contributed by atoms with Crippen molar-refractivity contribution in [2.45, 2.75) is 38.5 Å². The second-order valence-electron chi connectivity index (χ2n) is 3.77. The van der Waals surface area contributed by atoms with Crippen molar-refractivity contribution in [2.24, 2.45) is 5.73 Å². The minimum absolute atomic E-state index is 0.122. The van der Waals surface area contributed by atoms with Gasteiger partial charge < -0.3 is 5.73 Å². The largest absolute Gasteiger partial charge is 0.390 e. The molecule has 3 nitrogen and oxygen atoms in total. The number of hydrogen-bond acceptors (Lipinski definition) is 2. The fourth-order valence-corrected chi connectivity index (χ4v) is 1.19. The summed E-state index contributed by atoms with van der Waals surface area (Å²) in [5.74, 6) is 0. The predicted octanol–water partition coefficient (Wildman–Crippen LogP) is 2.42. The monoisotopic (exact) mass is 221 g/mol. The van der Waals surface area contributed by atoms with Crippen LogP contribution in [0.1, 0.15) is 37.9 Å². The zero-order valence-corrected chi connectivity index (χ0v) is 8.62. The van der Waals surface area contributed by atoms with Crippen molar-refractivity contribution < 1.29 is 13.2 Å². The molecule has 0 aliphatic carbocycles. The molecule has 0 aliphatic rings. The maximum atomic E-state index is 12.0. The van der Waals surface area contributed by atoms with Crippen LogP contribution in [0, 0.1) is 0 Å². The van der Waals surface area contributed by atoms with E-state index in [-0.39, 0.29) is 6.04 Å². The van der Waals surface area contributed by atoms with Crippen LogP contribution in [-0.2, 0) is 0 Å². The second-order valence-corrected chi connectivity index (χ2v) is 3.77. The van der Waals surface area contributed by atoms with Gasteiger partial charge in [0.15, 0.2) is 0 Å². The Kier molecular flexibility index (Phi) is 3.38. The van der Waals surface area contributed by atoms with Gasteiger partial charge in [-0.05, 0) is 13.8 Å². The van der Waals surface area contributed by atoms with E-state index in [4.69, 9.17) is 5.73 Å². The molecule has 2 N–H and O–H groups in total. The fourth-order valence-electron chi connectivity index (χ4n) is 1.19. The Morgan fingerprint density at radius 1 is 1.47 bits per heavy atom. The summed E-state index contributed by atoms with van der Waals surface area (Å²) < 4.78 is 37.7. The van der Waals surface area contributed by atoms with Gasteiger partial charge in [0.25, 0.3) is 0 Å². The summed E-state index contributed by atoms with van der Waals surface area (Å²) in [6.45, 7) is 3.79. The smallest absolute Gasteiger partial charge is 0.324 e. The van der Waals surface area contributed by atoms with Gasteiger partial charge in [-0.15, -0.1) is 0 Å². The molecule has 0 radical (unpaired) electrons. The Labute approximate surface area is 86.1 Å². The molecule has 0 saturated heterocycles. The van der Waals surface area contributed by atoms with Gasteiger partial charge in [0.05, 0.1) is 12.6 Å². The first-order chi connectivity index (χ1) is 6.79. The lowest BCUT2D eigenvalue weighted by Gasteiger charge is -2.12. The van der Waals surface area contributed by atoms with Crippen LogP contribution in [0.15, 0.2) is 12.4 Å². The molecule has 0 fully saturated rings. The van der Waals surface area contributed by atoms with Crippen LogP contribution in [-0.4, -0.2) is 16.0 Å². The first kappa shape index (κ1) is 12.0. The van der Waals surface area contributed by atoms with Crippen LogP contribution in [0.25, 0.3) is 0 Å². The molecule has 0 unspecified atom stereocenters. The van der Waals surface area contributed by atoms with E-state index in [1.165, 1.54) is 6.20 Å². The van der Waals surface area contributed by atoms with Gasteiger partial charge in [0, 0.05) is 23.8 Å². The summed E-state index contributed by atoms with van der Waals surface area (Å²) in [4.78, 5) is 0. The minimum atomic E-state index is -4.24. The van der Waals surface area contributed by atoms with Gasteiger partial charge in [-0.1, -0.05) is 0 Å². The fraction of sp³-hybridized carbons (Fsp3) is 0.667. The number of hydrogen-bond donors (Lipinski definition) is 1. The quantitative estimate of drug-likeness (QED) is 0.851. The van der Waals surface area contributed by atoms with E-state index in [9.17, 15) is 13.2 Å². The van der Waals surface area contributed by atoms with Crippen LogP contribution in [0.3, 0.4) is 0 Å². The Bertz CT molecular complexity index is 317. The molecular weight excluding hydrogens is 207 g/mol. The van der Waals surface area contributed by atoms with Crippen molar-refractivity contribution in [2.75, 3.05) is 0 Å². The first-order valence-corrected chi connectivity index (χ1v) is 4.66. The van der Waals surface area contributed by atoms with Gasteiger partial charge in [0.2, 0.25) is 0 Å². The molecule has 0 spiro atoms. The van der Waals surface area contributed by atoms with Crippen LogP contribution in [0.2, 0.25) is 0 Å². The Hall–Kier alpha value is -1.04. The van der Waals surface area contributed by atoms with E-state index in [1.54, 1.807) is 10.9 Å². The maximum absolute atomic E-state index is 12.0. The molecular formula is C9H14F3N3. The number of nitrogens with two attached hydrogens (primary N) is 1. The molecule has 0 bridgehead atoms. The van der Waals surface area contributed by atoms with E-state index in [0.29, 0.717) is 5.56 Å². The highest BCUT2D eigenvalue weighted by Crippen LogP contribution is 2.27. The molecule has 1 aromatic heterocycles. The van der Waals surface area contributed by atoms with Crippen molar-refractivity contribution in [3.05, 3.63) is 18.0 Å². The molecule has 1 atom stereocenters. The third kappa shape index (κ3) is 3.54. The third-order valence-corrected chi connectivity index (χ3v) is 2.03. The summed E-state index contributed by atoms with van der Waals surface area (Å²) in [5, 5.41) is 3.94. The van der Waals surface area contributed by atoms with E-state index in [2.05, 4.69) is 5.10 Å². The Balaban J connectivity index is 2.70. The number of aromatic nitrogens is 2. The highest BCUT2D eigenvalue weighted by atomic mass is 19.4. The van der Waals surface area contributed by atoms with Gasteiger partial charge in [0.1, 0.15) is 0 Å². The summed E-state index contributed by atoms with van der Waals surface area (Å²) in [5.41, 5.74) is 5.84. The summed E-state index contributed by atoms with van der Waals surface area (Å²) in [6.07, 6.45) is -2.31. The van der Waals surface area contributed by atoms with Gasteiger partial charge in [-0.2, -0.15) is 18.3 Å². The molecule has 0 saturated carbocycles.